The standard InChI is InChI=1S/C21H16N4O6/c1-11-19-16(10-18(22-11)20(26)30-2)15-9-12(3-8-17(15)24-19)23-21(27)31-14-6-4-13(5-7-14)25(28)29/h3-10,24H,1-2H3,(H,23,27). The van der Waals surface area contributed by atoms with E-state index in [4.69, 9.17) is 9.47 Å². The summed E-state index contributed by atoms with van der Waals surface area (Å²) in [6, 6.07) is 12.0. The molecule has 0 saturated heterocycles. The number of hydrogen-bond donors (Lipinski definition) is 2. The number of methoxy groups -OCH3 is 1. The number of nitro benzene ring substituents is 1. The Balaban J connectivity index is 1.61. The van der Waals surface area contributed by atoms with Crippen molar-refractivity contribution >= 4 is 45.2 Å². The number of nitrogens with zero attached hydrogens (tertiary/aromatic N) is 2. The van der Waals surface area contributed by atoms with Gasteiger partial charge in [-0.1, -0.05) is 0 Å². The van der Waals surface area contributed by atoms with E-state index in [0.717, 1.165) is 21.8 Å². The van der Waals surface area contributed by atoms with Crippen LogP contribution in [0.3, 0.4) is 0 Å². The predicted molar refractivity (Wildman–Crippen MR) is 112 cm³/mol. The van der Waals surface area contributed by atoms with Crippen LogP contribution in [0.25, 0.3) is 21.8 Å². The lowest BCUT2D eigenvalue weighted by molar-refractivity contribution is -0.384. The average molecular weight is 420 g/mol. The molecule has 0 fully saturated rings. The molecule has 0 saturated carbocycles. The Kier molecular flexibility index (Phi) is 4.96. The van der Waals surface area contributed by atoms with Crippen molar-refractivity contribution in [3.63, 3.8) is 0 Å². The summed E-state index contributed by atoms with van der Waals surface area (Å²) in [5.41, 5.74) is 2.76. The topological polar surface area (TPSA) is 136 Å². The number of esters is 1. The second-order valence-electron chi connectivity index (χ2n) is 6.66. The first-order valence-corrected chi connectivity index (χ1v) is 9.10. The number of ether oxygens (including phenoxy) is 2. The summed E-state index contributed by atoms with van der Waals surface area (Å²) in [5, 5.41) is 14.9. The van der Waals surface area contributed by atoms with Crippen molar-refractivity contribution in [3.05, 3.63) is 70.0 Å². The van der Waals surface area contributed by atoms with Gasteiger partial charge in [-0.2, -0.15) is 0 Å². The minimum atomic E-state index is -0.749. The van der Waals surface area contributed by atoms with Crippen LogP contribution in [-0.4, -0.2) is 34.1 Å². The van der Waals surface area contributed by atoms with Gasteiger partial charge < -0.3 is 14.5 Å². The van der Waals surface area contributed by atoms with Crippen molar-refractivity contribution in [1.82, 2.24) is 9.97 Å². The van der Waals surface area contributed by atoms with E-state index >= 15 is 0 Å². The lowest BCUT2D eigenvalue weighted by Crippen LogP contribution is -2.16. The molecule has 10 nitrogen and oxygen atoms in total. The van der Waals surface area contributed by atoms with Gasteiger partial charge in [-0.3, -0.25) is 15.4 Å². The molecule has 156 valence electrons. The van der Waals surface area contributed by atoms with Gasteiger partial charge in [0.25, 0.3) is 5.69 Å². The highest BCUT2D eigenvalue weighted by Gasteiger charge is 2.15. The van der Waals surface area contributed by atoms with Gasteiger partial charge in [0.2, 0.25) is 0 Å². The molecule has 0 radical (unpaired) electrons. The molecule has 4 aromatic rings. The summed E-state index contributed by atoms with van der Waals surface area (Å²) in [6.45, 7) is 1.78. The first-order chi connectivity index (χ1) is 14.9. The van der Waals surface area contributed by atoms with E-state index in [1.54, 1.807) is 31.2 Å². The van der Waals surface area contributed by atoms with E-state index in [0.29, 0.717) is 11.4 Å². The van der Waals surface area contributed by atoms with Crippen molar-refractivity contribution < 1.29 is 24.0 Å². The van der Waals surface area contributed by atoms with Crippen LogP contribution >= 0.6 is 0 Å². The smallest absolute Gasteiger partial charge is 0.417 e. The van der Waals surface area contributed by atoms with Gasteiger partial charge in [0.15, 0.2) is 0 Å². The lowest BCUT2D eigenvalue weighted by atomic mass is 10.1. The zero-order valence-corrected chi connectivity index (χ0v) is 16.5. The van der Waals surface area contributed by atoms with Gasteiger partial charge in [-0.15, -0.1) is 0 Å². The van der Waals surface area contributed by atoms with Crippen LogP contribution in [-0.2, 0) is 4.74 Å². The Morgan fingerprint density at radius 1 is 1.10 bits per heavy atom. The number of fused-ring (bicyclic) bond motifs is 3. The maximum atomic E-state index is 12.2. The van der Waals surface area contributed by atoms with Crippen LogP contribution in [0.15, 0.2) is 48.5 Å². The number of benzene rings is 2. The zero-order valence-electron chi connectivity index (χ0n) is 16.5. The first-order valence-electron chi connectivity index (χ1n) is 9.10. The summed E-state index contributed by atoms with van der Waals surface area (Å²) in [5.74, 6) is -0.374. The zero-order chi connectivity index (χ0) is 22.1. The SMILES string of the molecule is COC(=O)c1cc2c([nH]c3ccc(NC(=O)Oc4ccc([N+](=O)[O-])cc4)cc32)c(C)n1. The quantitative estimate of drug-likeness (QED) is 0.285. The molecule has 0 aliphatic carbocycles. The molecule has 0 spiro atoms. The molecule has 2 aromatic heterocycles. The fourth-order valence-corrected chi connectivity index (χ4v) is 3.23. The molecule has 2 heterocycles. The monoisotopic (exact) mass is 420 g/mol. The van der Waals surface area contributed by atoms with E-state index in [9.17, 15) is 19.7 Å². The van der Waals surface area contributed by atoms with Crippen LogP contribution in [0.4, 0.5) is 16.2 Å². The molecular weight excluding hydrogens is 404 g/mol. The Hall–Kier alpha value is -4.47. The van der Waals surface area contributed by atoms with Gasteiger partial charge >= 0.3 is 12.1 Å². The van der Waals surface area contributed by atoms with E-state index in [1.807, 2.05) is 0 Å². The third kappa shape index (κ3) is 3.86. The Labute approximate surface area is 174 Å². The molecular formula is C21H16N4O6. The summed E-state index contributed by atoms with van der Waals surface area (Å²) in [7, 11) is 1.29. The summed E-state index contributed by atoms with van der Waals surface area (Å²) < 4.78 is 9.93. The number of nitrogens with one attached hydrogen (secondary N) is 2. The van der Waals surface area contributed by atoms with Crippen molar-refractivity contribution in [3.8, 4) is 5.75 Å². The van der Waals surface area contributed by atoms with Gasteiger partial charge in [0, 0.05) is 34.1 Å². The van der Waals surface area contributed by atoms with Gasteiger partial charge in [-0.05, 0) is 43.3 Å². The van der Waals surface area contributed by atoms with Crippen LogP contribution in [0, 0.1) is 17.0 Å². The van der Waals surface area contributed by atoms with E-state index in [2.05, 4.69) is 15.3 Å². The third-order valence-electron chi connectivity index (χ3n) is 4.67. The highest BCUT2D eigenvalue weighted by molar-refractivity contribution is 6.11. The Bertz CT molecular complexity index is 1340. The fraction of sp³-hybridized carbons (Fsp3) is 0.0952. The highest BCUT2D eigenvalue weighted by atomic mass is 16.6. The molecule has 4 rings (SSSR count). The van der Waals surface area contributed by atoms with Gasteiger partial charge in [0.05, 0.1) is 23.2 Å². The number of H-pyrrole nitrogens is 1. The highest BCUT2D eigenvalue weighted by Crippen LogP contribution is 2.30. The molecule has 31 heavy (non-hydrogen) atoms. The number of nitro groups is 1. The number of aryl methyl sites for hydroxylation is 1. The maximum Gasteiger partial charge on any atom is 0.417 e. The lowest BCUT2D eigenvalue weighted by Gasteiger charge is -2.07. The van der Waals surface area contributed by atoms with Crippen LogP contribution in [0.5, 0.6) is 5.75 Å². The number of carbonyl (C=O) groups excluding carboxylic acids is 2. The number of anilines is 1. The van der Waals surface area contributed by atoms with Crippen LogP contribution in [0.1, 0.15) is 16.2 Å². The van der Waals surface area contributed by atoms with Crippen molar-refractivity contribution in [1.29, 1.82) is 0 Å². The molecule has 0 aliphatic rings. The number of amides is 1. The third-order valence-corrected chi connectivity index (χ3v) is 4.67. The van der Waals surface area contributed by atoms with E-state index in [-0.39, 0.29) is 17.1 Å². The molecule has 2 N–H and O–H groups in total. The second-order valence-corrected chi connectivity index (χ2v) is 6.66. The van der Waals surface area contributed by atoms with Gasteiger partial charge in [0.1, 0.15) is 11.4 Å². The Morgan fingerprint density at radius 3 is 2.52 bits per heavy atom. The normalized spacial score (nSPS) is 10.8. The summed E-state index contributed by atoms with van der Waals surface area (Å²) in [4.78, 5) is 41.8. The molecule has 1 amide bonds. The molecule has 0 atom stereocenters. The number of aromatic amines is 1. The first kappa shape index (κ1) is 19.8. The maximum absolute atomic E-state index is 12.2. The number of non-ortho nitro benzene ring substituents is 1. The van der Waals surface area contributed by atoms with E-state index < -0.39 is 17.0 Å². The number of pyridine rings is 1. The minimum absolute atomic E-state index is 0.103. The number of aromatic nitrogens is 2. The summed E-state index contributed by atoms with van der Waals surface area (Å²) >= 11 is 0. The predicted octanol–water partition coefficient (Wildman–Crippen LogP) is 4.33. The van der Waals surface area contributed by atoms with E-state index in [1.165, 1.54) is 31.4 Å². The number of hydrogen-bond acceptors (Lipinski definition) is 7. The van der Waals surface area contributed by atoms with Gasteiger partial charge in [-0.25, -0.2) is 14.6 Å². The molecule has 0 bridgehead atoms. The number of rotatable bonds is 4. The van der Waals surface area contributed by atoms with Crippen LogP contribution < -0.4 is 10.1 Å². The molecule has 2 aromatic carbocycles. The molecule has 0 unspecified atom stereocenters. The van der Waals surface area contributed by atoms with Crippen LogP contribution in [0.2, 0.25) is 0 Å². The van der Waals surface area contributed by atoms with Crippen molar-refractivity contribution in [2.75, 3.05) is 12.4 Å². The second kappa shape index (κ2) is 7.75. The number of carbonyl (C=O) groups is 2. The molecule has 0 aliphatic heterocycles. The fourth-order valence-electron chi connectivity index (χ4n) is 3.23. The molecule has 10 heteroatoms. The Morgan fingerprint density at radius 2 is 1.84 bits per heavy atom. The van der Waals surface area contributed by atoms with Crippen molar-refractivity contribution in [2.45, 2.75) is 6.92 Å². The minimum Gasteiger partial charge on any atom is -0.464 e. The average Bonchev–Trinajstić information content (AvgIpc) is 3.12. The largest absolute Gasteiger partial charge is 0.464 e. The van der Waals surface area contributed by atoms with Crippen molar-refractivity contribution in [2.24, 2.45) is 0 Å². The summed E-state index contributed by atoms with van der Waals surface area (Å²) in [6.07, 6.45) is -0.749.